The fourth-order valence-electron chi connectivity index (χ4n) is 3.76. The van der Waals surface area contributed by atoms with Gasteiger partial charge in [-0.3, -0.25) is 4.79 Å². The third-order valence-electron chi connectivity index (χ3n) is 5.33. The van der Waals surface area contributed by atoms with Gasteiger partial charge in [-0.05, 0) is 43.2 Å². The van der Waals surface area contributed by atoms with E-state index in [1.807, 2.05) is 39.4 Å². The second kappa shape index (κ2) is 9.46. The summed E-state index contributed by atoms with van der Waals surface area (Å²) < 4.78 is 25.5. The molecule has 0 spiro atoms. The molecule has 0 saturated heterocycles. The largest absolute Gasteiger partial charge is 0.319 e. The molecule has 0 fully saturated rings. The van der Waals surface area contributed by atoms with Crippen molar-refractivity contribution in [3.8, 4) is 0 Å². The van der Waals surface area contributed by atoms with Gasteiger partial charge in [-0.2, -0.15) is 0 Å². The minimum atomic E-state index is -3.81. The molecule has 0 radical (unpaired) electrons. The van der Waals surface area contributed by atoms with Gasteiger partial charge in [0.05, 0.1) is 27.4 Å². The number of nitrogens with zero attached hydrogens (tertiary/aromatic N) is 3. The maximum Gasteiger partial charge on any atom is 0.238 e. The number of carbonyl (C=O) groups is 1. The van der Waals surface area contributed by atoms with Gasteiger partial charge in [0, 0.05) is 23.2 Å². The Kier molecular flexibility index (Phi) is 6.85. The summed E-state index contributed by atoms with van der Waals surface area (Å²) in [7, 11) is -3.81. The minimum Gasteiger partial charge on any atom is -0.319 e. The number of amides is 1. The first-order valence-electron chi connectivity index (χ1n) is 10.5. The van der Waals surface area contributed by atoms with Crippen LogP contribution in [0.4, 0.5) is 5.69 Å². The predicted octanol–water partition coefficient (Wildman–Crippen LogP) is 4.10. The number of aryl methyl sites for hydroxylation is 1. The van der Waals surface area contributed by atoms with Gasteiger partial charge < -0.3 is 9.47 Å². The number of primary sulfonamides is 1. The SMILES string of the molecule is CCCn1c(SCC(=O)N2CC[C@H](C)Sc3ccccc32)nc2cc(S(N)(=O)=O)ccc21. The summed E-state index contributed by atoms with van der Waals surface area (Å²) in [4.78, 5) is 20.9. The summed E-state index contributed by atoms with van der Waals surface area (Å²) in [6.07, 6.45) is 1.82. The van der Waals surface area contributed by atoms with E-state index in [9.17, 15) is 13.2 Å². The smallest absolute Gasteiger partial charge is 0.238 e. The van der Waals surface area contributed by atoms with E-state index in [1.165, 1.54) is 23.9 Å². The average molecular weight is 491 g/mol. The number of rotatable bonds is 6. The molecule has 0 bridgehead atoms. The van der Waals surface area contributed by atoms with Gasteiger partial charge in [-0.1, -0.05) is 37.7 Å². The molecule has 2 aromatic carbocycles. The molecule has 2 heterocycles. The second-order valence-electron chi connectivity index (χ2n) is 7.76. The minimum absolute atomic E-state index is 0.0339. The maximum absolute atomic E-state index is 13.2. The summed E-state index contributed by atoms with van der Waals surface area (Å²) in [5.74, 6) is 0.292. The predicted molar refractivity (Wildman–Crippen MR) is 131 cm³/mol. The number of aromatic nitrogens is 2. The van der Waals surface area contributed by atoms with E-state index in [1.54, 1.807) is 6.07 Å². The van der Waals surface area contributed by atoms with Crippen LogP contribution in [0.3, 0.4) is 0 Å². The van der Waals surface area contributed by atoms with Crippen molar-refractivity contribution < 1.29 is 13.2 Å². The zero-order chi connectivity index (χ0) is 22.9. The fraction of sp³-hybridized carbons (Fsp3) is 0.364. The third-order valence-corrected chi connectivity index (χ3v) is 8.44. The van der Waals surface area contributed by atoms with Gasteiger partial charge in [0.25, 0.3) is 0 Å². The van der Waals surface area contributed by atoms with E-state index in [0.717, 1.165) is 35.5 Å². The summed E-state index contributed by atoms with van der Waals surface area (Å²) in [5.41, 5.74) is 2.36. The van der Waals surface area contributed by atoms with Crippen LogP contribution in [0, 0.1) is 0 Å². The highest BCUT2D eigenvalue weighted by molar-refractivity contribution is 8.00. The van der Waals surface area contributed by atoms with Crippen LogP contribution in [-0.2, 0) is 21.4 Å². The molecule has 32 heavy (non-hydrogen) atoms. The van der Waals surface area contributed by atoms with Crippen molar-refractivity contribution in [2.75, 3.05) is 17.2 Å². The van der Waals surface area contributed by atoms with Gasteiger partial charge >= 0.3 is 0 Å². The molecule has 0 saturated carbocycles. The van der Waals surface area contributed by atoms with E-state index in [-0.39, 0.29) is 16.6 Å². The first-order valence-corrected chi connectivity index (χ1v) is 13.9. The van der Waals surface area contributed by atoms with E-state index >= 15 is 0 Å². The van der Waals surface area contributed by atoms with Crippen LogP contribution in [0.15, 0.2) is 57.4 Å². The molecule has 3 aromatic rings. The molecule has 1 amide bonds. The highest BCUT2D eigenvalue weighted by Gasteiger charge is 2.25. The number of imidazole rings is 1. The van der Waals surface area contributed by atoms with Crippen molar-refractivity contribution in [3.63, 3.8) is 0 Å². The Morgan fingerprint density at radius 2 is 2.06 bits per heavy atom. The number of sulfonamides is 1. The number of nitrogens with two attached hydrogens (primary N) is 1. The Hall–Kier alpha value is -2.01. The summed E-state index contributed by atoms with van der Waals surface area (Å²) in [5, 5.41) is 6.42. The van der Waals surface area contributed by atoms with Gasteiger partial charge in [-0.15, -0.1) is 11.8 Å². The Morgan fingerprint density at radius 1 is 1.28 bits per heavy atom. The molecule has 1 aliphatic rings. The summed E-state index contributed by atoms with van der Waals surface area (Å²) >= 11 is 3.19. The molecule has 1 aromatic heterocycles. The summed E-state index contributed by atoms with van der Waals surface area (Å²) in [6.45, 7) is 5.67. The van der Waals surface area contributed by atoms with Crippen molar-refractivity contribution in [1.29, 1.82) is 0 Å². The average Bonchev–Trinajstić information content (AvgIpc) is 2.99. The topological polar surface area (TPSA) is 98.3 Å². The lowest BCUT2D eigenvalue weighted by Crippen LogP contribution is -2.33. The number of carbonyl (C=O) groups excluding carboxylic acids is 1. The number of thioether (sulfide) groups is 2. The zero-order valence-electron chi connectivity index (χ0n) is 18.0. The molecular weight excluding hydrogens is 464 g/mol. The fourth-order valence-corrected chi connectivity index (χ4v) is 6.33. The highest BCUT2D eigenvalue weighted by atomic mass is 32.2. The maximum atomic E-state index is 13.2. The summed E-state index contributed by atoms with van der Waals surface area (Å²) in [6, 6.07) is 12.8. The monoisotopic (exact) mass is 490 g/mol. The third kappa shape index (κ3) is 4.83. The Bertz CT molecular complexity index is 1260. The standard InChI is InChI=1S/C22H26N4O3S3/c1-3-11-26-18-9-8-16(32(23,28)29)13-17(18)24-22(26)30-14-21(27)25-12-10-15(2)31-20-7-5-4-6-19(20)25/h4-9,13,15H,3,10-12,14H2,1-2H3,(H2,23,28,29)/t15-/m0/s1. The lowest BCUT2D eigenvalue weighted by atomic mass is 10.2. The van der Waals surface area contributed by atoms with E-state index in [2.05, 4.69) is 24.9 Å². The van der Waals surface area contributed by atoms with Crippen LogP contribution in [0.25, 0.3) is 11.0 Å². The van der Waals surface area contributed by atoms with Crippen LogP contribution in [0.5, 0.6) is 0 Å². The van der Waals surface area contributed by atoms with Crippen LogP contribution >= 0.6 is 23.5 Å². The molecule has 2 N–H and O–H groups in total. The van der Waals surface area contributed by atoms with Crippen LogP contribution in [-0.4, -0.2) is 41.4 Å². The van der Waals surface area contributed by atoms with Crippen molar-refractivity contribution in [1.82, 2.24) is 9.55 Å². The Morgan fingerprint density at radius 3 is 2.81 bits per heavy atom. The number of benzene rings is 2. The van der Waals surface area contributed by atoms with Gasteiger partial charge in [0.1, 0.15) is 0 Å². The highest BCUT2D eigenvalue weighted by Crippen LogP contribution is 2.37. The lowest BCUT2D eigenvalue weighted by molar-refractivity contribution is -0.116. The van der Waals surface area contributed by atoms with Crippen molar-refractivity contribution in [3.05, 3.63) is 42.5 Å². The number of fused-ring (bicyclic) bond motifs is 2. The molecule has 4 rings (SSSR count). The van der Waals surface area contributed by atoms with Crippen LogP contribution < -0.4 is 10.0 Å². The quantitative estimate of drug-likeness (QED) is 0.522. The molecule has 1 aliphatic heterocycles. The second-order valence-corrected chi connectivity index (χ2v) is 11.7. The molecule has 10 heteroatoms. The van der Waals surface area contributed by atoms with E-state index < -0.39 is 10.0 Å². The van der Waals surface area contributed by atoms with Gasteiger partial charge in [0.15, 0.2) is 5.16 Å². The first-order chi connectivity index (χ1) is 15.3. The number of para-hydroxylation sites is 1. The van der Waals surface area contributed by atoms with Crippen LogP contribution in [0.2, 0.25) is 0 Å². The Balaban J connectivity index is 1.60. The zero-order valence-corrected chi connectivity index (χ0v) is 20.5. The molecule has 170 valence electrons. The van der Waals surface area contributed by atoms with Gasteiger partial charge in [0.2, 0.25) is 15.9 Å². The van der Waals surface area contributed by atoms with Crippen molar-refractivity contribution in [2.24, 2.45) is 5.14 Å². The number of anilines is 1. The van der Waals surface area contributed by atoms with Crippen LogP contribution in [0.1, 0.15) is 26.7 Å². The molecule has 0 unspecified atom stereocenters. The first kappa shape index (κ1) is 23.2. The molecule has 7 nitrogen and oxygen atoms in total. The lowest BCUT2D eigenvalue weighted by Gasteiger charge is -2.22. The van der Waals surface area contributed by atoms with Crippen molar-refractivity contribution in [2.45, 2.75) is 53.4 Å². The molecular formula is C22H26N4O3S3. The number of hydrogen-bond acceptors (Lipinski definition) is 6. The molecule has 0 aliphatic carbocycles. The van der Waals surface area contributed by atoms with E-state index in [0.29, 0.717) is 22.5 Å². The normalized spacial score (nSPS) is 16.7. The van der Waals surface area contributed by atoms with Gasteiger partial charge in [-0.25, -0.2) is 18.5 Å². The van der Waals surface area contributed by atoms with E-state index in [4.69, 9.17) is 5.14 Å². The number of hydrogen-bond donors (Lipinski definition) is 1. The Labute approximate surface area is 196 Å². The van der Waals surface area contributed by atoms with Crippen molar-refractivity contribution >= 4 is 56.2 Å². The molecule has 1 atom stereocenters.